The second kappa shape index (κ2) is 8.79. The van der Waals surface area contributed by atoms with E-state index in [2.05, 4.69) is 13.5 Å². The highest BCUT2D eigenvalue weighted by atomic mass is 16.3. The van der Waals surface area contributed by atoms with Crippen LogP contribution in [0.4, 0.5) is 0 Å². The van der Waals surface area contributed by atoms with Gasteiger partial charge in [-0.05, 0) is 25.7 Å². The van der Waals surface area contributed by atoms with Gasteiger partial charge in [-0.25, -0.2) is 0 Å². The van der Waals surface area contributed by atoms with E-state index < -0.39 is 0 Å². The van der Waals surface area contributed by atoms with Crippen LogP contribution in [0.2, 0.25) is 0 Å². The van der Waals surface area contributed by atoms with Crippen LogP contribution in [-0.4, -0.2) is 11.2 Å². The number of hydrogen-bond donors (Lipinski definition) is 1. The van der Waals surface area contributed by atoms with Crippen LogP contribution in [0.25, 0.3) is 0 Å². The van der Waals surface area contributed by atoms with Crippen molar-refractivity contribution in [1.29, 1.82) is 0 Å². The van der Waals surface area contributed by atoms with E-state index >= 15 is 0 Å². The van der Waals surface area contributed by atoms with Crippen LogP contribution in [0.5, 0.6) is 0 Å². The zero-order valence-electron chi connectivity index (χ0n) is 8.26. The molecule has 0 spiro atoms. The maximum absolute atomic E-state index is 9.47. The Labute approximate surface area is 76.5 Å². The van der Waals surface area contributed by atoms with Crippen molar-refractivity contribution >= 4 is 0 Å². The van der Waals surface area contributed by atoms with Crippen LogP contribution in [0.3, 0.4) is 0 Å². The summed E-state index contributed by atoms with van der Waals surface area (Å²) < 4.78 is 0. The fourth-order valence-electron chi connectivity index (χ4n) is 1.27. The summed E-state index contributed by atoms with van der Waals surface area (Å²) in [4.78, 5) is 0. The second-order valence-electron chi connectivity index (χ2n) is 3.37. The zero-order valence-corrected chi connectivity index (χ0v) is 8.26. The Morgan fingerprint density at radius 1 is 1.25 bits per heavy atom. The Morgan fingerprint density at radius 2 is 1.92 bits per heavy atom. The van der Waals surface area contributed by atoms with E-state index in [1.807, 2.05) is 6.08 Å². The van der Waals surface area contributed by atoms with Crippen molar-refractivity contribution in [1.82, 2.24) is 0 Å². The molecule has 0 aliphatic carbocycles. The van der Waals surface area contributed by atoms with Crippen molar-refractivity contribution in [3.05, 3.63) is 12.7 Å². The maximum Gasteiger partial charge on any atom is 0.0540 e. The molecule has 1 nitrogen and oxygen atoms in total. The Hall–Kier alpha value is -0.300. The summed E-state index contributed by atoms with van der Waals surface area (Å²) in [6.07, 6.45) is 9.53. The number of aliphatic hydroxyl groups is 1. The fraction of sp³-hybridized carbons (Fsp3) is 0.818. The first-order valence-electron chi connectivity index (χ1n) is 5.10. The summed E-state index contributed by atoms with van der Waals surface area (Å²) in [5.41, 5.74) is 0. The average Bonchev–Trinajstić information content (AvgIpc) is 2.06. The molecule has 0 aromatic heterocycles. The van der Waals surface area contributed by atoms with Crippen molar-refractivity contribution in [2.75, 3.05) is 0 Å². The molecular formula is C11H22O. The van der Waals surface area contributed by atoms with Crippen LogP contribution >= 0.6 is 0 Å². The average molecular weight is 170 g/mol. The van der Waals surface area contributed by atoms with Gasteiger partial charge in [0.25, 0.3) is 0 Å². The molecule has 1 N–H and O–H groups in total. The van der Waals surface area contributed by atoms with Crippen molar-refractivity contribution in [3.63, 3.8) is 0 Å². The minimum Gasteiger partial charge on any atom is -0.393 e. The third-order valence-corrected chi connectivity index (χ3v) is 2.09. The van der Waals surface area contributed by atoms with Gasteiger partial charge in [0, 0.05) is 0 Å². The van der Waals surface area contributed by atoms with Crippen LogP contribution in [0.15, 0.2) is 12.7 Å². The molecular weight excluding hydrogens is 148 g/mol. The third-order valence-electron chi connectivity index (χ3n) is 2.09. The molecule has 12 heavy (non-hydrogen) atoms. The lowest BCUT2D eigenvalue weighted by atomic mass is 10.1. The van der Waals surface area contributed by atoms with E-state index in [4.69, 9.17) is 0 Å². The molecule has 1 heteroatoms. The molecule has 1 unspecified atom stereocenters. The Morgan fingerprint density at radius 3 is 2.50 bits per heavy atom. The van der Waals surface area contributed by atoms with Gasteiger partial charge in [-0.15, -0.1) is 6.58 Å². The molecule has 0 radical (unpaired) electrons. The van der Waals surface area contributed by atoms with Crippen LogP contribution in [-0.2, 0) is 0 Å². The molecule has 0 saturated carbocycles. The van der Waals surface area contributed by atoms with Crippen molar-refractivity contribution in [3.8, 4) is 0 Å². The molecule has 0 rings (SSSR count). The zero-order chi connectivity index (χ0) is 9.23. The largest absolute Gasteiger partial charge is 0.393 e. The molecule has 0 saturated heterocycles. The molecule has 0 heterocycles. The monoisotopic (exact) mass is 170 g/mol. The van der Waals surface area contributed by atoms with E-state index in [1.54, 1.807) is 0 Å². The lowest BCUT2D eigenvalue weighted by Gasteiger charge is -2.08. The lowest BCUT2D eigenvalue weighted by Crippen LogP contribution is -2.05. The van der Waals surface area contributed by atoms with Gasteiger partial charge in [-0.2, -0.15) is 0 Å². The predicted octanol–water partition coefficient (Wildman–Crippen LogP) is 3.28. The number of unbranched alkanes of at least 4 members (excludes halogenated alkanes) is 3. The van der Waals surface area contributed by atoms with Crippen LogP contribution in [0.1, 0.15) is 51.9 Å². The highest BCUT2D eigenvalue weighted by Crippen LogP contribution is 2.09. The summed E-state index contributed by atoms with van der Waals surface area (Å²) in [6.45, 7) is 5.84. The highest BCUT2D eigenvalue weighted by molar-refractivity contribution is 4.67. The first kappa shape index (κ1) is 11.7. The van der Waals surface area contributed by atoms with Gasteiger partial charge in [-0.3, -0.25) is 0 Å². The van der Waals surface area contributed by atoms with E-state index in [-0.39, 0.29) is 6.10 Å². The Balaban J connectivity index is 3.09. The first-order chi connectivity index (χ1) is 5.81. The number of hydrogen-bond acceptors (Lipinski definition) is 1. The topological polar surface area (TPSA) is 20.2 Å². The van der Waals surface area contributed by atoms with Crippen molar-refractivity contribution in [2.45, 2.75) is 58.0 Å². The number of aliphatic hydroxyl groups excluding tert-OH is 1. The van der Waals surface area contributed by atoms with Gasteiger partial charge in [0.1, 0.15) is 0 Å². The summed E-state index contributed by atoms with van der Waals surface area (Å²) >= 11 is 0. The number of rotatable bonds is 8. The molecule has 1 atom stereocenters. The van der Waals surface area contributed by atoms with Gasteiger partial charge < -0.3 is 5.11 Å². The molecule has 0 bridgehead atoms. The Bertz CT molecular complexity index is 99.2. The van der Waals surface area contributed by atoms with E-state index in [0.29, 0.717) is 0 Å². The van der Waals surface area contributed by atoms with E-state index in [1.165, 1.54) is 19.3 Å². The van der Waals surface area contributed by atoms with Crippen LogP contribution < -0.4 is 0 Å². The Kier molecular flexibility index (Phi) is 8.57. The van der Waals surface area contributed by atoms with Crippen molar-refractivity contribution < 1.29 is 5.11 Å². The molecule has 0 aliphatic rings. The fourth-order valence-corrected chi connectivity index (χ4v) is 1.27. The molecule has 0 amide bonds. The second-order valence-corrected chi connectivity index (χ2v) is 3.37. The quantitative estimate of drug-likeness (QED) is 0.438. The van der Waals surface area contributed by atoms with Gasteiger partial charge in [0.2, 0.25) is 0 Å². The van der Waals surface area contributed by atoms with Gasteiger partial charge in [0.05, 0.1) is 6.10 Å². The normalized spacial score (nSPS) is 12.8. The third kappa shape index (κ3) is 7.80. The van der Waals surface area contributed by atoms with E-state index in [9.17, 15) is 5.11 Å². The first-order valence-corrected chi connectivity index (χ1v) is 5.10. The minimum absolute atomic E-state index is 0.0727. The number of allylic oxidation sites excluding steroid dienone is 1. The molecule has 0 aromatic carbocycles. The van der Waals surface area contributed by atoms with Crippen molar-refractivity contribution in [2.24, 2.45) is 0 Å². The standard InChI is InChI=1S/C11H22O/c1-3-5-7-9-11(12)10-8-6-4-2/h3,11-12H,1,4-10H2,2H3. The SMILES string of the molecule is C=CCCCC(O)CCCCC. The summed E-state index contributed by atoms with van der Waals surface area (Å²) in [6, 6.07) is 0. The van der Waals surface area contributed by atoms with Crippen LogP contribution in [0, 0.1) is 0 Å². The summed E-state index contributed by atoms with van der Waals surface area (Å²) in [5.74, 6) is 0. The molecule has 0 aliphatic heterocycles. The van der Waals surface area contributed by atoms with Gasteiger partial charge >= 0.3 is 0 Å². The van der Waals surface area contributed by atoms with E-state index in [0.717, 1.165) is 25.7 Å². The summed E-state index contributed by atoms with van der Waals surface area (Å²) in [5, 5.41) is 9.47. The van der Waals surface area contributed by atoms with Gasteiger partial charge in [-0.1, -0.05) is 32.3 Å². The molecule has 0 fully saturated rings. The predicted molar refractivity (Wildman–Crippen MR) is 54.2 cm³/mol. The lowest BCUT2D eigenvalue weighted by molar-refractivity contribution is 0.149. The maximum atomic E-state index is 9.47. The highest BCUT2D eigenvalue weighted by Gasteiger charge is 2.01. The minimum atomic E-state index is -0.0727. The molecule has 0 aromatic rings. The smallest absolute Gasteiger partial charge is 0.0540 e. The summed E-state index contributed by atoms with van der Waals surface area (Å²) in [7, 11) is 0. The molecule has 72 valence electrons. The van der Waals surface area contributed by atoms with Gasteiger partial charge in [0.15, 0.2) is 0 Å².